The van der Waals surface area contributed by atoms with Crippen LogP contribution in [0.2, 0.25) is 0 Å². The number of carbonyl (C=O) groups excluding carboxylic acids is 1. The zero-order valence-corrected chi connectivity index (χ0v) is 7.47. The predicted molar refractivity (Wildman–Crippen MR) is 42.7 cm³/mol. The lowest BCUT2D eigenvalue weighted by Crippen LogP contribution is -2.43. The van der Waals surface area contributed by atoms with Gasteiger partial charge in [-0.1, -0.05) is 0 Å². The van der Waals surface area contributed by atoms with Gasteiger partial charge in [0.15, 0.2) is 0 Å². The van der Waals surface area contributed by atoms with Crippen LogP contribution in [0.3, 0.4) is 0 Å². The Morgan fingerprint density at radius 3 is 2.46 bits per heavy atom. The number of nitrogens with one attached hydrogen (secondary N) is 2. The Hall–Kier alpha value is -0.490. The molecule has 0 radical (unpaired) electrons. The van der Waals surface area contributed by atoms with Gasteiger partial charge in [-0.2, -0.15) is 13.2 Å². The lowest BCUT2D eigenvalue weighted by molar-refractivity contribution is -0.174. The summed E-state index contributed by atoms with van der Waals surface area (Å²) in [7, 11) is 0. The number of rotatable bonds is 1. The topological polar surface area (TPSA) is 41.1 Å². The normalized spacial score (nSPS) is 22.2. The summed E-state index contributed by atoms with van der Waals surface area (Å²) in [5.74, 6) is -1.85. The average molecular weight is 219 g/mol. The van der Waals surface area contributed by atoms with Crippen molar-refractivity contribution in [3.8, 4) is 0 Å². The predicted octanol–water partition coefficient (Wildman–Crippen LogP) is 0.449. The van der Waals surface area contributed by atoms with E-state index in [0.29, 0.717) is 19.5 Å². The molecular weight excluding hydrogens is 209 g/mol. The van der Waals surface area contributed by atoms with E-state index in [1.54, 1.807) is 0 Å². The van der Waals surface area contributed by atoms with Crippen LogP contribution in [-0.2, 0) is 4.79 Å². The van der Waals surface area contributed by atoms with Crippen LogP contribution in [0.5, 0.6) is 0 Å². The van der Waals surface area contributed by atoms with E-state index < -0.39 is 12.1 Å². The standard InChI is InChI=1S/C6H9F3N2O.ClH/c7-6(8,9)5(12)11-4-1-2-10-3-4;/h4,10H,1-3H2,(H,11,12);1H. The molecule has 3 nitrogen and oxygen atoms in total. The Labute approximate surface area is 79.5 Å². The van der Waals surface area contributed by atoms with Crippen LogP contribution >= 0.6 is 12.4 Å². The molecule has 0 aliphatic carbocycles. The minimum atomic E-state index is -4.76. The zero-order valence-electron chi connectivity index (χ0n) is 6.65. The van der Waals surface area contributed by atoms with Gasteiger partial charge in [-0.15, -0.1) is 12.4 Å². The average Bonchev–Trinajstić information content (AvgIpc) is 2.37. The van der Waals surface area contributed by atoms with Crippen LogP contribution < -0.4 is 10.6 Å². The molecule has 0 saturated carbocycles. The zero-order chi connectivity index (χ0) is 9.19. The SMILES string of the molecule is Cl.O=C(NC1CCNC1)C(F)(F)F. The van der Waals surface area contributed by atoms with E-state index in [1.807, 2.05) is 5.32 Å². The highest BCUT2D eigenvalue weighted by atomic mass is 35.5. The molecule has 13 heavy (non-hydrogen) atoms. The van der Waals surface area contributed by atoms with Gasteiger partial charge in [0.1, 0.15) is 0 Å². The number of hydrogen-bond acceptors (Lipinski definition) is 2. The molecule has 1 heterocycles. The molecule has 0 bridgehead atoms. The summed E-state index contributed by atoms with van der Waals surface area (Å²) in [6, 6.07) is -0.376. The molecule has 0 aromatic carbocycles. The van der Waals surface area contributed by atoms with E-state index in [0.717, 1.165) is 0 Å². The molecular formula is C6H10ClF3N2O. The third-order valence-corrected chi connectivity index (χ3v) is 1.65. The fourth-order valence-corrected chi connectivity index (χ4v) is 1.05. The Bertz CT molecular complexity index is 179. The van der Waals surface area contributed by atoms with E-state index in [4.69, 9.17) is 0 Å². The largest absolute Gasteiger partial charge is 0.471 e. The van der Waals surface area contributed by atoms with E-state index in [2.05, 4.69) is 5.32 Å². The van der Waals surface area contributed by atoms with E-state index in [9.17, 15) is 18.0 Å². The summed E-state index contributed by atoms with van der Waals surface area (Å²) in [5.41, 5.74) is 0. The smallest absolute Gasteiger partial charge is 0.344 e. The molecule has 78 valence electrons. The van der Waals surface area contributed by atoms with Crippen LogP contribution in [0.15, 0.2) is 0 Å². The van der Waals surface area contributed by atoms with Crippen LogP contribution in [0.25, 0.3) is 0 Å². The van der Waals surface area contributed by atoms with E-state index in [1.165, 1.54) is 0 Å². The van der Waals surface area contributed by atoms with Gasteiger partial charge in [0.25, 0.3) is 0 Å². The highest BCUT2D eigenvalue weighted by Crippen LogP contribution is 2.15. The Balaban J connectivity index is 0.00000144. The molecule has 0 spiro atoms. The van der Waals surface area contributed by atoms with Crippen LogP contribution in [0.1, 0.15) is 6.42 Å². The third-order valence-electron chi connectivity index (χ3n) is 1.65. The van der Waals surface area contributed by atoms with Gasteiger partial charge in [-0.25, -0.2) is 0 Å². The van der Waals surface area contributed by atoms with Gasteiger partial charge in [0.05, 0.1) is 0 Å². The van der Waals surface area contributed by atoms with Crippen LogP contribution in [0.4, 0.5) is 13.2 Å². The van der Waals surface area contributed by atoms with Gasteiger partial charge in [-0.05, 0) is 13.0 Å². The molecule has 1 fully saturated rings. The Morgan fingerprint density at radius 2 is 2.08 bits per heavy atom. The monoisotopic (exact) mass is 218 g/mol. The van der Waals surface area contributed by atoms with Crippen molar-refractivity contribution in [1.29, 1.82) is 0 Å². The molecule has 1 amide bonds. The summed E-state index contributed by atoms with van der Waals surface area (Å²) >= 11 is 0. The number of hydrogen-bond donors (Lipinski definition) is 2. The van der Waals surface area contributed by atoms with Gasteiger partial charge >= 0.3 is 12.1 Å². The molecule has 1 rings (SSSR count). The first-order valence-corrected chi connectivity index (χ1v) is 3.58. The number of halogens is 4. The third kappa shape index (κ3) is 3.82. The minimum absolute atomic E-state index is 0. The first-order chi connectivity index (χ1) is 5.50. The molecule has 1 atom stereocenters. The lowest BCUT2D eigenvalue weighted by Gasteiger charge is -2.12. The fraction of sp³-hybridized carbons (Fsp3) is 0.833. The first kappa shape index (κ1) is 12.5. The molecule has 2 N–H and O–H groups in total. The van der Waals surface area contributed by atoms with Crippen molar-refractivity contribution in [3.63, 3.8) is 0 Å². The minimum Gasteiger partial charge on any atom is -0.344 e. The fourth-order valence-electron chi connectivity index (χ4n) is 1.05. The van der Waals surface area contributed by atoms with Crippen molar-refractivity contribution in [2.75, 3.05) is 13.1 Å². The summed E-state index contributed by atoms with van der Waals surface area (Å²) in [4.78, 5) is 10.4. The highest BCUT2D eigenvalue weighted by molar-refractivity contribution is 5.85. The maximum atomic E-state index is 11.7. The summed E-state index contributed by atoms with van der Waals surface area (Å²) < 4.78 is 35.0. The number of alkyl halides is 3. The first-order valence-electron chi connectivity index (χ1n) is 3.58. The lowest BCUT2D eigenvalue weighted by atomic mass is 10.2. The van der Waals surface area contributed by atoms with Crippen molar-refractivity contribution in [2.24, 2.45) is 0 Å². The second-order valence-electron chi connectivity index (χ2n) is 2.66. The van der Waals surface area contributed by atoms with Crippen molar-refractivity contribution in [2.45, 2.75) is 18.6 Å². The quantitative estimate of drug-likeness (QED) is 0.671. The molecule has 0 aromatic heterocycles. The van der Waals surface area contributed by atoms with Crippen molar-refractivity contribution < 1.29 is 18.0 Å². The molecule has 1 aliphatic rings. The van der Waals surface area contributed by atoms with Crippen LogP contribution in [0, 0.1) is 0 Å². The van der Waals surface area contributed by atoms with Crippen molar-refractivity contribution >= 4 is 18.3 Å². The molecule has 7 heteroatoms. The molecule has 1 saturated heterocycles. The highest BCUT2D eigenvalue weighted by Gasteiger charge is 2.39. The maximum absolute atomic E-state index is 11.7. The van der Waals surface area contributed by atoms with Gasteiger partial charge < -0.3 is 10.6 Å². The van der Waals surface area contributed by atoms with Crippen LogP contribution in [-0.4, -0.2) is 31.2 Å². The van der Waals surface area contributed by atoms with E-state index >= 15 is 0 Å². The number of carbonyl (C=O) groups is 1. The summed E-state index contributed by atoms with van der Waals surface area (Å²) in [5, 5.41) is 4.74. The Morgan fingerprint density at radius 1 is 1.46 bits per heavy atom. The van der Waals surface area contributed by atoms with Gasteiger partial charge in [0, 0.05) is 12.6 Å². The van der Waals surface area contributed by atoms with Gasteiger partial charge in [-0.3, -0.25) is 4.79 Å². The maximum Gasteiger partial charge on any atom is 0.471 e. The molecule has 1 aliphatic heterocycles. The Kier molecular flexibility index (Phi) is 4.49. The van der Waals surface area contributed by atoms with Gasteiger partial charge in [0.2, 0.25) is 0 Å². The van der Waals surface area contributed by atoms with E-state index in [-0.39, 0.29) is 18.4 Å². The van der Waals surface area contributed by atoms with Crippen molar-refractivity contribution in [3.05, 3.63) is 0 Å². The summed E-state index contributed by atoms with van der Waals surface area (Å²) in [6.07, 6.45) is -4.20. The molecule has 1 unspecified atom stereocenters. The second-order valence-corrected chi connectivity index (χ2v) is 2.66. The number of amides is 1. The van der Waals surface area contributed by atoms with Crippen molar-refractivity contribution in [1.82, 2.24) is 10.6 Å². The molecule has 0 aromatic rings. The second kappa shape index (κ2) is 4.66. The summed E-state index contributed by atoms with van der Waals surface area (Å²) in [6.45, 7) is 1.07.